The molecule has 7 heteroatoms. The van der Waals surface area contributed by atoms with Gasteiger partial charge in [-0.05, 0) is 42.7 Å². The minimum atomic E-state index is -0.0475. The van der Waals surface area contributed by atoms with Gasteiger partial charge in [-0.25, -0.2) is 9.97 Å². The average Bonchev–Trinajstić information content (AvgIpc) is 3.48. The minimum Gasteiger partial charge on any atom is -0.496 e. The molecule has 1 aliphatic heterocycles. The first-order valence-electron chi connectivity index (χ1n) is 13.8. The number of likely N-dealkylation sites (tertiary alicyclic amines) is 1. The molecule has 38 heavy (non-hydrogen) atoms. The molecule has 1 amide bonds. The molecule has 0 aliphatic carbocycles. The Morgan fingerprint density at radius 1 is 1.05 bits per heavy atom. The van der Waals surface area contributed by atoms with E-state index in [9.17, 15) is 4.79 Å². The van der Waals surface area contributed by atoms with Gasteiger partial charge in [0.05, 0.1) is 18.5 Å². The Labute approximate surface area is 232 Å². The number of carbonyl (C=O) groups is 1. The Balaban J connectivity index is 1.50. The Morgan fingerprint density at radius 3 is 2.18 bits per heavy atom. The highest BCUT2D eigenvalue weighted by atomic mass is 32.1. The van der Waals surface area contributed by atoms with Crippen molar-refractivity contribution in [2.75, 3.05) is 20.2 Å². The van der Waals surface area contributed by atoms with Crippen LogP contribution in [-0.4, -0.2) is 45.5 Å². The number of hydrogen-bond donors (Lipinski definition) is 0. The SMILES string of the molecule is CCc1nc(C)cn1CC(=O)N1CCC(c2csc(-c3cc(C(C)(C)C)c(OC)c(C(C)(C)C)c3)n2)CC1. The van der Waals surface area contributed by atoms with Crippen molar-refractivity contribution in [1.82, 2.24) is 19.4 Å². The van der Waals surface area contributed by atoms with Gasteiger partial charge in [0, 0.05) is 53.7 Å². The normalized spacial score (nSPS) is 15.2. The summed E-state index contributed by atoms with van der Waals surface area (Å²) in [5.41, 5.74) is 5.61. The van der Waals surface area contributed by atoms with Crippen LogP contribution in [0.5, 0.6) is 5.75 Å². The highest BCUT2D eigenvalue weighted by Crippen LogP contribution is 2.43. The molecule has 206 valence electrons. The zero-order valence-corrected chi connectivity index (χ0v) is 25.5. The molecule has 1 fully saturated rings. The zero-order valence-electron chi connectivity index (χ0n) is 24.6. The van der Waals surface area contributed by atoms with E-state index in [4.69, 9.17) is 9.72 Å². The fourth-order valence-corrected chi connectivity index (χ4v) is 6.27. The number of ether oxygens (including phenoxy) is 1. The van der Waals surface area contributed by atoms with Gasteiger partial charge in [-0.3, -0.25) is 4.79 Å². The van der Waals surface area contributed by atoms with Crippen LogP contribution < -0.4 is 4.74 Å². The van der Waals surface area contributed by atoms with E-state index < -0.39 is 0 Å². The van der Waals surface area contributed by atoms with E-state index in [-0.39, 0.29) is 16.7 Å². The van der Waals surface area contributed by atoms with Gasteiger partial charge in [0.2, 0.25) is 5.91 Å². The molecule has 0 bridgehead atoms. The van der Waals surface area contributed by atoms with E-state index in [1.807, 2.05) is 22.6 Å². The predicted octanol–water partition coefficient (Wildman–Crippen LogP) is 6.89. The smallest absolute Gasteiger partial charge is 0.242 e. The van der Waals surface area contributed by atoms with Crippen LogP contribution in [0.15, 0.2) is 23.7 Å². The molecule has 1 aliphatic rings. The van der Waals surface area contributed by atoms with E-state index in [1.54, 1.807) is 18.4 Å². The molecule has 0 saturated carbocycles. The molecular weight excluding hydrogens is 492 g/mol. The number of imidazole rings is 1. The second-order valence-corrected chi connectivity index (χ2v) is 13.5. The summed E-state index contributed by atoms with van der Waals surface area (Å²) in [6.07, 6.45) is 4.71. The summed E-state index contributed by atoms with van der Waals surface area (Å²) in [5, 5.41) is 3.27. The summed E-state index contributed by atoms with van der Waals surface area (Å²) in [6.45, 7) is 19.4. The number of nitrogens with zero attached hydrogens (tertiary/aromatic N) is 4. The number of benzene rings is 1. The highest BCUT2D eigenvalue weighted by Gasteiger charge is 2.29. The van der Waals surface area contributed by atoms with Crippen LogP contribution in [-0.2, 0) is 28.6 Å². The zero-order chi connectivity index (χ0) is 27.8. The van der Waals surface area contributed by atoms with Gasteiger partial charge in [0.15, 0.2) is 0 Å². The van der Waals surface area contributed by atoms with Crippen molar-refractivity contribution >= 4 is 17.2 Å². The number of rotatable bonds is 6. The van der Waals surface area contributed by atoms with Gasteiger partial charge in [-0.2, -0.15) is 0 Å². The number of carbonyl (C=O) groups excluding carboxylic acids is 1. The van der Waals surface area contributed by atoms with Crippen molar-refractivity contribution in [3.8, 4) is 16.3 Å². The number of aromatic nitrogens is 3. The van der Waals surface area contributed by atoms with Gasteiger partial charge in [-0.15, -0.1) is 11.3 Å². The molecule has 0 N–H and O–H groups in total. The Morgan fingerprint density at radius 2 is 1.66 bits per heavy atom. The van der Waals surface area contributed by atoms with Crippen LogP contribution in [0, 0.1) is 6.92 Å². The van der Waals surface area contributed by atoms with E-state index in [0.29, 0.717) is 12.5 Å². The summed E-state index contributed by atoms with van der Waals surface area (Å²) in [6, 6.07) is 4.53. The third-order valence-electron chi connectivity index (χ3n) is 7.55. The summed E-state index contributed by atoms with van der Waals surface area (Å²) in [4.78, 5) is 24.7. The minimum absolute atomic E-state index is 0.0475. The third kappa shape index (κ3) is 5.98. The molecule has 3 aromatic rings. The topological polar surface area (TPSA) is 60.2 Å². The summed E-state index contributed by atoms with van der Waals surface area (Å²) in [5.74, 6) is 2.52. The molecule has 3 heterocycles. The van der Waals surface area contributed by atoms with Crippen molar-refractivity contribution < 1.29 is 9.53 Å². The van der Waals surface area contributed by atoms with Crippen LogP contribution in [0.1, 0.15) is 95.6 Å². The number of thiazole rings is 1. The van der Waals surface area contributed by atoms with Crippen molar-refractivity contribution in [2.45, 2.75) is 97.9 Å². The lowest BCUT2D eigenvalue weighted by Crippen LogP contribution is -2.39. The summed E-state index contributed by atoms with van der Waals surface area (Å²) >= 11 is 1.72. The standard InChI is InChI=1S/C31H44N4O2S/c1-10-26-32-20(2)17-35(26)18-27(36)34-13-11-21(12-14-34)25-19-38-29(33-25)22-15-23(30(3,4)5)28(37-9)24(16-22)31(6,7)8/h15-17,19,21H,10-14,18H2,1-9H3. The first kappa shape index (κ1) is 28.3. The van der Waals surface area contributed by atoms with Gasteiger partial charge >= 0.3 is 0 Å². The lowest BCUT2D eigenvalue weighted by atomic mass is 9.78. The molecule has 4 rings (SSSR count). The molecular formula is C31H44N4O2S. The Hall–Kier alpha value is -2.67. The van der Waals surface area contributed by atoms with Crippen LogP contribution in [0.4, 0.5) is 0 Å². The molecule has 0 radical (unpaired) electrons. The van der Waals surface area contributed by atoms with Gasteiger partial charge < -0.3 is 14.2 Å². The van der Waals surface area contributed by atoms with E-state index in [2.05, 4.69) is 71.0 Å². The molecule has 0 unspecified atom stereocenters. The first-order valence-corrected chi connectivity index (χ1v) is 14.7. The number of methoxy groups -OCH3 is 1. The van der Waals surface area contributed by atoms with E-state index >= 15 is 0 Å². The largest absolute Gasteiger partial charge is 0.496 e. The number of aryl methyl sites for hydroxylation is 2. The van der Waals surface area contributed by atoms with Gasteiger partial charge in [-0.1, -0.05) is 48.5 Å². The van der Waals surface area contributed by atoms with Crippen molar-refractivity contribution in [1.29, 1.82) is 0 Å². The van der Waals surface area contributed by atoms with Crippen LogP contribution in [0.25, 0.3) is 10.6 Å². The van der Waals surface area contributed by atoms with Crippen molar-refractivity contribution in [2.24, 2.45) is 0 Å². The Kier molecular flexibility index (Phi) is 8.08. The highest BCUT2D eigenvalue weighted by molar-refractivity contribution is 7.13. The quantitative estimate of drug-likeness (QED) is 0.344. The van der Waals surface area contributed by atoms with Gasteiger partial charge in [0.1, 0.15) is 23.1 Å². The number of amides is 1. The van der Waals surface area contributed by atoms with E-state index in [1.165, 1.54) is 11.1 Å². The molecule has 6 nitrogen and oxygen atoms in total. The molecule has 0 spiro atoms. The van der Waals surface area contributed by atoms with Gasteiger partial charge in [0.25, 0.3) is 0 Å². The number of piperidine rings is 1. The maximum atomic E-state index is 13.0. The third-order valence-corrected chi connectivity index (χ3v) is 8.45. The van der Waals surface area contributed by atoms with E-state index in [0.717, 1.165) is 65.9 Å². The van der Waals surface area contributed by atoms with Crippen molar-refractivity contribution in [3.05, 3.63) is 52.0 Å². The monoisotopic (exact) mass is 536 g/mol. The maximum absolute atomic E-state index is 13.0. The lowest BCUT2D eigenvalue weighted by Gasteiger charge is -2.31. The lowest BCUT2D eigenvalue weighted by molar-refractivity contribution is -0.132. The predicted molar refractivity (Wildman–Crippen MR) is 156 cm³/mol. The van der Waals surface area contributed by atoms with Crippen LogP contribution in [0.2, 0.25) is 0 Å². The Bertz CT molecular complexity index is 1250. The number of hydrogen-bond acceptors (Lipinski definition) is 5. The second-order valence-electron chi connectivity index (χ2n) is 12.6. The second kappa shape index (κ2) is 10.8. The fourth-order valence-electron chi connectivity index (χ4n) is 5.38. The first-order chi connectivity index (χ1) is 17.8. The summed E-state index contributed by atoms with van der Waals surface area (Å²) in [7, 11) is 1.78. The van der Waals surface area contributed by atoms with Crippen LogP contribution >= 0.6 is 11.3 Å². The van der Waals surface area contributed by atoms with Crippen LogP contribution in [0.3, 0.4) is 0 Å². The average molecular weight is 537 g/mol. The molecule has 0 atom stereocenters. The van der Waals surface area contributed by atoms with Crippen molar-refractivity contribution in [3.63, 3.8) is 0 Å². The molecule has 1 aromatic carbocycles. The fraction of sp³-hybridized carbons (Fsp3) is 0.581. The molecule has 1 saturated heterocycles. The maximum Gasteiger partial charge on any atom is 0.242 e. The summed E-state index contributed by atoms with van der Waals surface area (Å²) < 4.78 is 7.95. The molecule has 2 aromatic heterocycles.